The summed E-state index contributed by atoms with van der Waals surface area (Å²) in [7, 11) is 0. The first-order valence-electron chi connectivity index (χ1n) is 9.96. The molecule has 0 spiro atoms. The van der Waals surface area contributed by atoms with Crippen molar-refractivity contribution in [2.45, 2.75) is 0 Å². The third-order valence-corrected chi connectivity index (χ3v) is 5.02. The molecule has 0 aliphatic carbocycles. The van der Waals surface area contributed by atoms with Crippen LogP contribution in [-0.2, 0) is 4.79 Å². The van der Waals surface area contributed by atoms with Crippen molar-refractivity contribution in [3.05, 3.63) is 78.8 Å². The molecule has 1 saturated heterocycles. The van der Waals surface area contributed by atoms with E-state index in [0.29, 0.717) is 31.1 Å². The minimum absolute atomic E-state index is 0.0486. The normalized spacial score (nSPS) is 14.3. The van der Waals surface area contributed by atoms with Gasteiger partial charge in [-0.25, -0.2) is 0 Å². The summed E-state index contributed by atoms with van der Waals surface area (Å²) in [6.07, 6.45) is 1.50. The Morgan fingerprint density at radius 2 is 1.63 bits per heavy atom. The molecule has 4 rings (SSSR count). The number of anilines is 1. The van der Waals surface area contributed by atoms with Crippen molar-refractivity contribution >= 4 is 17.5 Å². The van der Waals surface area contributed by atoms with Crippen LogP contribution in [0.3, 0.4) is 0 Å². The highest BCUT2D eigenvalue weighted by atomic mass is 16.5. The quantitative estimate of drug-likeness (QED) is 0.657. The van der Waals surface area contributed by atoms with E-state index >= 15 is 0 Å². The Hall–Kier alpha value is -3.58. The molecule has 2 N–H and O–H groups in total. The van der Waals surface area contributed by atoms with Crippen LogP contribution < -0.4 is 15.0 Å². The Morgan fingerprint density at radius 3 is 2.30 bits per heavy atom. The van der Waals surface area contributed by atoms with E-state index in [1.165, 1.54) is 6.26 Å². The smallest absolute Gasteiger partial charge is 0.289 e. The fourth-order valence-electron chi connectivity index (χ4n) is 3.42. The molecule has 0 bridgehead atoms. The van der Waals surface area contributed by atoms with E-state index in [0.717, 1.165) is 29.4 Å². The maximum atomic E-state index is 12.4. The number of carbonyl (C=O) groups is 2. The lowest BCUT2D eigenvalue weighted by Gasteiger charge is -2.31. The molecule has 0 saturated carbocycles. The molecule has 1 aromatic heterocycles. The lowest BCUT2D eigenvalue weighted by atomic mass is 10.2. The van der Waals surface area contributed by atoms with Gasteiger partial charge in [0.05, 0.1) is 32.4 Å². The van der Waals surface area contributed by atoms with Crippen molar-refractivity contribution in [3.8, 4) is 11.5 Å². The second-order valence-electron chi connectivity index (χ2n) is 7.18. The largest absolute Gasteiger partial charge is 0.459 e. The Balaban J connectivity index is 1.23. The highest BCUT2D eigenvalue weighted by Gasteiger charge is 2.27. The first-order chi connectivity index (χ1) is 14.7. The van der Waals surface area contributed by atoms with E-state index < -0.39 is 0 Å². The molecule has 1 aliphatic heterocycles. The van der Waals surface area contributed by atoms with Crippen molar-refractivity contribution in [2.75, 3.05) is 38.0 Å². The number of ether oxygens (including phenoxy) is 1. The first-order valence-corrected chi connectivity index (χ1v) is 9.96. The molecule has 1 fully saturated rings. The summed E-state index contributed by atoms with van der Waals surface area (Å²) in [4.78, 5) is 27.6. The number of piperazine rings is 1. The zero-order valence-corrected chi connectivity index (χ0v) is 16.5. The van der Waals surface area contributed by atoms with Gasteiger partial charge in [0, 0.05) is 5.69 Å². The van der Waals surface area contributed by atoms with Gasteiger partial charge in [0.2, 0.25) is 0 Å². The topological polar surface area (TPSA) is 76.2 Å². The summed E-state index contributed by atoms with van der Waals surface area (Å²) < 4.78 is 10.9. The van der Waals surface area contributed by atoms with Gasteiger partial charge in [0.25, 0.3) is 11.8 Å². The molecular weight excluding hydrogens is 382 g/mol. The van der Waals surface area contributed by atoms with E-state index in [1.54, 1.807) is 17.0 Å². The van der Waals surface area contributed by atoms with E-state index in [-0.39, 0.29) is 11.8 Å². The maximum Gasteiger partial charge on any atom is 0.289 e. The summed E-state index contributed by atoms with van der Waals surface area (Å²) in [5.41, 5.74) is 0.728. The second kappa shape index (κ2) is 9.28. The Labute approximate surface area is 174 Å². The third kappa shape index (κ3) is 5.07. The van der Waals surface area contributed by atoms with E-state index in [4.69, 9.17) is 9.15 Å². The third-order valence-electron chi connectivity index (χ3n) is 5.02. The number of furan rings is 1. The number of hydrogen-bond acceptors (Lipinski definition) is 4. The number of quaternary nitrogens is 1. The summed E-state index contributed by atoms with van der Waals surface area (Å²) in [5.74, 6) is 1.69. The van der Waals surface area contributed by atoms with Gasteiger partial charge in [-0.2, -0.15) is 0 Å². The Morgan fingerprint density at radius 1 is 0.933 bits per heavy atom. The predicted molar refractivity (Wildman–Crippen MR) is 112 cm³/mol. The highest BCUT2D eigenvalue weighted by Crippen LogP contribution is 2.22. The van der Waals surface area contributed by atoms with Crippen LogP contribution in [0.4, 0.5) is 5.69 Å². The average Bonchev–Trinajstić information content (AvgIpc) is 3.31. The molecule has 1 aliphatic rings. The van der Waals surface area contributed by atoms with E-state index in [2.05, 4.69) is 5.32 Å². The van der Waals surface area contributed by atoms with Crippen LogP contribution in [0.25, 0.3) is 0 Å². The standard InChI is InChI=1S/C23H23N3O4/c27-22(17-25-12-14-26(15-13-25)23(28)21-7-4-16-29-21)24-18-8-10-20(11-9-18)30-19-5-2-1-3-6-19/h1-11,16H,12-15,17H2,(H,24,27)/p+1. The van der Waals surface area contributed by atoms with Gasteiger partial charge in [-0.05, 0) is 48.5 Å². The fraction of sp³-hybridized carbons (Fsp3) is 0.217. The fourth-order valence-corrected chi connectivity index (χ4v) is 3.42. The predicted octanol–water partition coefficient (Wildman–Crippen LogP) is 2.05. The number of hydrogen-bond donors (Lipinski definition) is 2. The van der Waals surface area contributed by atoms with Crippen LogP contribution in [0.2, 0.25) is 0 Å². The monoisotopic (exact) mass is 406 g/mol. The summed E-state index contributed by atoms with van der Waals surface area (Å²) in [6, 6.07) is 20.2. The number of para-hydroxylation sites is 1. The number of rotatable bonds is 6. The van der Waals surface area contributed by atoms with Gasteiger partial charge < -0.3 is 24.3 Å². The minimum Gasteiger partial charge on any atom is -0.459 e. The van der Waals surface area contributed by atoms with Gasteiger partial charge in [-0.1, -0.05) is 18.2 Å². The lowest BCUT2D eigenvalue weighted by molar-refractivity contribution is -0.895. The summed E-state index contributed by atoms with van der Waals surface area (Å²) in [5, 5.41) is 2.93. The molecule has 0 radical (unpaired) electrons. The lowest BCUT2D eigenvalue weighted by Crippen LogP contribution is -3.15. The Bertz CT molecular complexity index is 963. The van der Waals surface area contributed by atoms with E-state index in [1.807, 2.05) is 54.6 Å². The van der Waals surface area contributed by atoms with Crippen LogP contribution in [0.1, 0.15) is 10.6 Å². The van der Waals surface area contributed by atoms with Gasteiger partial charge in [-0.15, -0.1) is 0 Å². The van der Waals surface area contributed by atoms with Crippen molar-refractivity contribution in [1.82, 2.24) is 4.90 Å². The SMILES string of the molecule is O=C(C[NH+]1CCN(C(=O)c2ccco2)CC1)Nc1ccc(Oc2ccccc2)cc1. The number of carbonyl (C=O) groups excluding carboxylic acids is 2. The van der Waals surface area contributed by atoms with Crippen molar-refractivity contribution in [3.63, 3.8) is 0 Å². The number of nitrogens with one attached hydrogen (secondary N) is 2. The van der Waals surface area contributed by atoms with Crippen LogP contribution >= 0.6 is 0 Å². The molecule has 30 heavy (non-hydrogen) atoms. The van der Waals surface area contributed by atoms with Crippen molar-refractivity contribution in [1.29, 1.82) is 0 Å². The molecular formula is C23H24N3O4+. The van der Waals surface area contributed by atoms with Crippen LogP contribution in [0, 0.1) is 0 Å². The van der Waals surface area contributed by atoms with Crippen LogP contribution in [0.15, 0.2) is 77.4 Å². The highest BCUT2D eigenvalue weighted by molar-refractivity contribution is 5.92. The molecule has 2 aromatic carbocycles. The molecule has 2 amide bonds. The molecule has 7 nitrogen and oxygen atoms in total. The molecule has 2 heterocycles. The average molecular weight is 406 g/mol. The minimum atomic E-state index is -0.0960. The second-order valence-corrected chi connectivity index (χ2v) is 7.18. The molecule has 7 heteroatoms. The molecule has 3 aromatic rings. The molecule has 0 unspecified atom stereocenters. The number of nitrogens with zero attached hydrogens (tertiary/aromatic N) is 1. The molecule has 0 atom stereocenters. The van der Waals surface area contributed by atoms with Gasteiger partial charge in [0.1, 0.15) is 11.5 Å². The summed E-state index contributed by atoms with van der Waals surface area (Å²) >= 11 is 0. The van der Waals surface area contributed by atoms with Crippen LogP contribution in [0.5, 0.6) is 11.5 Å². The van der Waals surface area contributed by atoms with Gasteiger partial charge in [0.15, 0.2) is 12.3 Å². The first kappa shape index (κ1) is 19.7. The van der Waals surface area contributed by atoms with Gasteiger partial charge >= 0.3 is 0 Å². The van der Waals surface area contributed by atoms with Crippen molar-refractivity contribution < 1.29 is 23.6 Å². The number of amides is 2. The molecule has 154 valence electrons. The van der Waals surface area contributed by atoms with Crippen molar-refractivity contribution in [2.24, 2.45) is 0 Å². The van der Waals surface area contributed by atoms with Gasteiger partial charge in [-0.3, -0.25) is 9.59 Å². The Kier molecular flexibility index (Phi) is 6.10. The van der Waals surface area contributed by atoms with E-state index in [9.17, 15) is 9.59 Å². The zero-order chi connectivity index (χ0) is 20.8. The maximum absolute atomic E-state index is 12.4. The zero-order valence-electron chi connectivity index (χ0n) is 16.5. The summed E-state index contributed by atoms with van der Waals surface area (Å²) in [6.45, 7) is 3.03. The van der Waals surface area contributed by atoms with Crippen LogP contribution in [-0.4, -0.2) is 49.4 Å². The number of benzene rings is 2.